The Kier molecular flexibility index (Phi) is 16.6. The summed E-state index contributed by atoms with van der Waals surface area (Å²) in [6, 6.07) is 0. The van der Waals surface area contributed by atoms with E-state index in [2.05, 4.69) is 13.8 Å². The van der Waals surface area contributed by atoms with Crippen LogP contribution in [0.5, 0.6) is 0 Å². The predicted octanol–water partition coefficient (Wildman–Crippen LogP) is 7.49. The third kappa shape index (κ3) is 16.2. The van der Waals surface area contributed by atoms with E-state index in [4.69, 9.17) is 11.6 Å². The average molecular weight is 289 g/mol. The van der Waals surface area contributed by atoms with Crippen LogP contribution in [0.1, 0.15) is 110 Å². The Morgan fingerprint density at radius 3 is 1.37 bits per heavy atom. The highest BCUT2D eigenvalue weighted by molar-refractivity contribution is 6.20. The smallest absolute Gasteiger partial charge is 0.0336 e. The van der Waals surface area contributed by atoms with Gasteiger partial charge in [-0.15, -0.1) is 11.6 Å². The van der Waals surface area contributed by atoms with Gasteiger partial charge in [0.15, 0.2) is 0 Å². The molecule has 0 saturated heterocycles. The van der Waals surface area contributed by atoms with Crippen molar-refractivity contribution in [2.75, 3.05) is 0 Å². The van der Waals surface area contributed by atoms with Crippen LogP contribution in [0.4, 0.5) is 0 Å². The maximum absolute atomic E-state index is 6.28. The zero-order valence-electron chi connectivity index (χ0n) is 13.6. The second-order valence-electron chi connectivity index (χ2n) is 6.06. The molecular weight excluding hydrogens is 252 g/mol. The third-order valence-electron chi connectivity index (χ3n) is 3.99. The maximum atomic E-state index is 6.28. The maximum Gasteiger partial charge on any atom is 0.0336 e. The van der Waals surface area contributed by atoms with Gasteiger partial charge < -0.3 is 0 Å². The van der Waals surface area contributed by atoms with E-state index >= 15 is 0 Å². The summed E-state index contributed by atoms with van der Waals surface area (Å²) in [6.07, 6.45) is 20.7. The number of rotatable bonds is 15. The van der Waals surface area contributed by atoms with E-state index in [0.717, 1.165) is 0 Å². The summed E-state index contributed by atoms with van der Waals surface area (Å²) in [6.45, 7) is 4.53. The molecule has 0 N–H and O–H groups in total. The van der Waals surface area contributed by atoms with Crippen LogP contribution in [0.15, 0.2) is 0 Å². The molecule has 0 fully saturated rings. The number of hydrogen-bond acceptors (Lipinski definition) is 0. The summed E-state index contributed by atoms with van der Waals surface area (Å²) < 4.78 is 0. The quantitative estimate of drug-likeness (QED) is 0.216. The first-order chi connectivity index (χ1) is 9.31. The highest BCUT2D eigenvalue weighted by atomic mass is 35.5. The summed E-state index contributed by atoms with van der Waals surface area (Å²) >= 11 is 6.28. The van der Waals surface area contributed by atoms with E-state index < -0.39 is 0 Å². The fourth-order valence-electron chi connectivity index (χ4n) is 2.60. The molecule has 19 heavy (non-hydrogen) atoms. The average Bonchev–Trinajstić information content (AvgIpc) is 2.42. The molecule has 0 rings (SSSR count). The van der Waals surface area contributed by atoms with Crippen molar-refractivity contribution in [2.45, 2.75) is 116 Å². The van der Waals surface area contributed by atoms with Gasteiger partial charge >= 0.3 is 0 Å². The molecular formula is C18H37Cl. The van der Waals surface area contributed by atoms with E-state index in [0.29, 0.717) is 5.38 Å². The largest absolute Gasteiger partial charge is 0.123 e. The van der Waals surface area contributed by atoms with Crippen molar-refractivity contribution >= 4 is 11.6 Å². The third-order valence-corrected chi connectivity index (χ3v) is 4.43. The van der Waals surface area contributed by atoms with Gasteiger partial charge in [0, 0.05) is 5.38 Å². The van der Waals surface area contributed by atoms with Crippen molar-refractivity contribution in [3.63, 3.8) is 0 Å². The van der Waals surface area contributed by atoms with Crippen LogP contribution in [0, 0.1) is 0 Å². The lowest BCUT2D eigenvalue weighted by atomic mass is 10.0. The van der Waals surface area contributed by atoms with Gasteiger partial charge in [0.05, 0.1) is 0 Å². The molecule has 0 aromatic heterocycles. The van der Waals surface area contributed by atoms with Crippen LogP contribution < -0.4 is 0 Å². The van der Waals surface area contributed by atoms with Gasteiger partial charge in [-0.2, -0.15) is 0 Å². The molecule has 116 valence electrons. The lowest BCUT2D eigenvalue weighted by molar-refractivity contribution is 0.533. The standard InChI is InChI=1S/C18H37Cl/c1-3-5-7-8-9-10-11-12-13-14-15-17-18(19)16-6-4-2/h18H,3-17H2,1-2H3. The molecule has 0 aromatic carbocycles. The second kappa shape index (κ2) is 16.3. The van der Waals surface area contributed by atoms with Crippen LogP contribution in [-0.2, 0) is 0 Å². The van der Waals surface area contributed by atoms with Crippen molar-refractivity contribution in [2.24, 2.45) is 0 Å². The summed E-state index contributed by atoms with van der Waals surface area (Å²) in [4.78, 5) is 0. The number of halogens is 1. The first kappa shape index (κ1) is 19.3. The molecule has 0 nitrogen and oxygen atoms in total. The van der Waals surface area contributed by atoms with Crippen molar-refractivity contribution in [3.8, 4) is 0 Å². The van der Waals surface area contributed by atoms with E-state index in [1.165, 1.54) is 96.3 Å². The molecule has 0 bridgehead atoms. The molecule has 0 saturated carbocycles. The topological polar surface area (TPSA) is 0 Å². The molecule has 0 aliphatic heterocycles. The van der Waals surface area contributed by atoms with Crippen LogP contribution in [0.25, 0.3) is 0 Å². The Hall–Kier alpha value is 0.290. The van der Waals surface area contributed by atoms with E-state index in [-0.39, 0.29) is 0 Å². The van der Waals surface area contributed by atoms with Gasteiger partial charge in [0.25, 0.3) is 0 Å². The minimum atomic E-state index is 0.443. The number of alkyl halides is 1. The molecule has 0 amide bonds. The molecule has 1 atom stereocenters. The fourth-order valence-corrected chi connectivity index (χ4v) is 2.91. The van der Waals surface area contributed by atoms with Crippen LogP contribution in [0.2, 0.25) is 0 Å². The Morgan fingerprint density at radius 2 is 0.895 bits per heavy atom. The second-order valence-corrected chi connectivity index (χ2v) is 6.68. The van der Waals surface area contributed by atoms with Gasteiger partial charge in [0.2, 0.25) is 0 Å². The summed E-state index contributed by atoms with van der Waals surface area (Å²) in [5.41, 5.74) is 0. The molecule has 0 aliphatic rings. The molecule has 0 aliphatic carbocycles. The van der Waals surface area contributed by atoms with Gasteiger partial charge in [-0.1, -0.05) is 97.3 Å². The predicted molar refractivity (Wildman–Crippen MR) is 90.2 cm³/mol. The summed E-state index contributed by atoms with van der Waals surface area (Å²) in [5, 5.41) is 0.443. The van der Waals surface area contributed by atoms with Crippen molar-refractivity contribution in [1.29, 1.82) is 0 Å². The minimum Gasteiger partial charge on any atom is -0.123 e. The molecule has 0 radical (unpaired) electrons. The highest BCUT2D eigenvalue weighted by Gasteiger charge is 2.02. The van der Waals surface area contributed by atoms with E-state index in [9.17, 15) is 0 Å². The number of unbranched alkanes of at least 4 members (excludes halogenated alkanes) is 11. The number of hydrogen-bond donors (Lipinski definition) is 0. The molecule has 0 heterocycles. The zero-order valence-corrected chi connectivity index (χ0v) is 14.3. The first-order valence-corrected chi connectivity index (χ1v) is 9.39. The lowest BCUT2D eigenvalue weighted by Crippen LogP contribution is -1.97. The van der Waals surface area contributed by atoms with Crippen molar-refractivity contribution in [1.82, 2.24) is 0 Å². The molecule has 0 aromatic rings. The Morgan fingerprint density at radius 1 is 0.526 bits per heavy atom. The normalized spacial score (nSPS) is 12.8. The van der Waals surface area contributed by atoms with Gasteiger partial charge in [-0.3, -0.25) is 0 Å². The Balaban J connectivity index is 3.02. The highest BCUT2D eigenvalue weighted by Crippen LogP contribution is 2.17. The Labute approximate surface area is 127 Å². The van der Waals surface area contributed by atoms with E-state index in [1.807, 2.05) is 0 Å². The monoisotopic (exact) mass is 288 g/mol. The summed E-state index contributed by atoms with van der Waals surface area (Å²) in [7, 11) is 0. The minimum absolute atomic E-state index is 0.443. The Bertz CT molecular complexity index is 156. The fraction of sp³-hybridized carbons (Fsp3) is 1.00. The van der Waals surface area contributed by atoms with Crippen LogP contribution in [0.3, 0.4) is 0 Å². The van der Waals surface area contributed by atoms with Gasteiger partial charge in [0.1, 0.15) is 0 Å². The van der Waals surface area contributed by atoms with Gasteiger partial charge in [-0.05, 0) is 12.8 Å². The van der Waals surface area contributed by atoms with E-state index in [1.54, 1.807) is 0 Å². The zero-order chi connectivity index (χ0) is 14.2. The van der Waals surface area contributed by atoms with Crippen molar-refractivity contribution in [3.05, 3.63) is 0 Å². The van der Waals surface area contributed by atoms with Gasteiger partial charge in [-0.25, -0.2) is 0 Å². The lowest BCUT2D eigenvalue weighted by Gasteiger charge is -2.08. The van der Waals surface area contributed by atoms with Crippen LogP contribution in [-0.4, -0.2) is 5.38 Å². The molecule has 0 spiro atoms. The summed E-state index contributed by atoms with van der Waals surface area (Å²) in [5.74, 6) is 0. The van der Waals surface area contributed by atoms with Crippen LogP contribution >= 0.6 is 11.6 Å². The molecule has 1 heteroatoms. The molecule has 1 unspecified atom stereocenters. The van der Waals surface area contributed by atoms with Crippen molar-refractivity contribution < 1.29 is 0 Å². The first-order valence-electron chi connectivity index (χ1n) is 8.95. The SMILES string of the molecule is CCCCCCCCCCCCCC(Cl)CCCC.